The number of fused-ring (bicyclic) bond motifs is 1. The molecule has 3 rings (SSSR count). The van der Waals surface area contributed by atoms with Crippen molar-refractivity contribution in [2.45, 2.75) is 0 Å². The normalized spacial score (nSPS) is 10.8. The molecule has 0 radical (unpaired) electrons. The van der Waals surface area contributed by atoms with E-state index in [1.165, 1.54) is 6.07 Å². The summed E-state index contributed by atoms with van der Waals surface area (Å²) in [4.78, 5) is 0. The Labute approximate surface area is 111 Å². The van der Waals surface area contributed by atoms with Crippen molar-refractivity contribution in [1.29, 1.82) is 0 Å². The summed E-state index contributed by atoms with van der Waals surface area (Å²) in [5.41, 5.74) is 7.08. The van der Waals surface area contributed by atoms with Gasteiger partial charge < -0.3 is 10.5 Å². The minimum atomic E-state index is -0.602. The van der Waals surface area contributed by atoms with Gasteiger partial charge in [0.1, 0.15) is 22.6 Å². The Hall–Kier alpha value is -2.34. The predicted molar refractivity (Wildman–Crippen MR) is 67.7 cm³/mol. The van der Waals surface area contributed by atoms with E-state index in [1.54, 1.807) is 18.2 Å². The highest BCUT2D eigenvalue weighted by Gasteiger charge is 2.09. The van der Waals surface area contributed by atoms with E-state index in [0.717, 1.165) is 6.07 Å². The minimum absolute atomic E-state index is 0.0546. The quantitative estimate of drug-likeness (QED) is 0.728. The number of rotatable bonds is 2. The maximum Gasteiger partial charge on any atom is 0.153 e. The summed E-state index contributed by atoms with van der Waals surface area (Å²) in [7, 11) is 0. The Bertz CT molecular complexity index is 760. The molecular formula is C12H7ClFN3O2. The van der Waals surface area contributed by atoms with Crippen LogP contribution in [0.15, 0.2) is 35.0 Å². The molecule has 0 saturated heterocycles. The van der Waals surface area contributed by atoms with Crippen molar-refractivity contribution in [2.24, 2.45) is 0 Å². The maximum atomic E-state index is 13.4. The first kappa shape index (κ1) is 11.7. The van der Waals surface area contributed by atoms with Crippen LogP contribution in [0.25, 0.3) is 11.0 Å². The fraction of sp³-hybridized carbons (Fsp3) is 0. The molecular weight excluding hydrogens is 273 g/mol. The summed E-state index contributed by atoms with van der Waals surface area (Å²) in [5, 5.41) is 7.29. The topological polar surface area (TPSA) is 74.2 Å². The van der Waals surface area contributed by atoms with Gasteiger partial charge in [-0.15, -0.1) is 0 Å². The van der Waals surface area contributed by atoms with E-state index in [2.05, 4.69) is 14.9 Å². The molecule has 0 aliphatic rings. The third kappa shape index (κ3) is 2.17. The molecule has 1 heterocycles. The van der Waals surface area contributed by atoms with Gasteiger partial charge in [-0.05, 0) is 28.5 Å². The number of nitrogens with zero attached hydrogens (tertiary/aromatic N) is 2. The molecule has 0 atom stereocenters. The lowest BCUT2D eigenvalue weighted by atomic mass is 10.2. The van der Waals surface area contributed by atoms with Crippen molar-refractivity contribution in [1.82, 2.24) is 10.3 Å². The lowest BCUT2D eigenvalue weighted by Gasteiger charge is -2.09. The van der Waals surface area contributed by atoms with Crippen LogP contribution < -0.4 is 10.5 Å². The summed E-state index contributed by atoms with van der Waals surface area (Å²) >= 11 is 5.61. The fourth-order valence-corrected chi connectivity index (χ4v) is 1.76. The van der Waals surface area contributed by atoms with Crippen LogP contribution in [0.5, 0.6) is 11.5 Å². The van der Waals surface area contributed by atoms with Gasteiger partial charge in [0, 0.05) is 12.1 Å². The standard InChI is InChI=1S/C12H7ClFN3O2/c13-7-4-9(15)12(5-8(7)14)18-6-1-2-10-11(3-6)17-19-16-10/h1-5H,15H2. The van der Waals surface area contributed by atoms with Crippen LogP contribution in [0.1, 0.15) is 0 Å². The predicted octanol–water partition coefficient (Wildman–Crippen LogP) is 3.39. The van der Waals surface area contributed by atoms with E-state index in [-0.39, 0.29) is 16.5 Å². The molecule has 5 nitrogen and oxygen atoms in total. The molecule has 0 aliphatic heterocycles. The first-order chi connectivity index (χ1) is 9.13. The van der Waals surface area contributed by atoms with Crippen LogP contribution in [0.2, 0.25) is 5.02 Å². The zero-order valence-electron chi connectivity index (χ0n) is 9.43. The maximum absolute atomic E-state index is 13.4. The lowest BCUT2D eigenvalue weighted by Crippen LogP contribution is -1.94. The van der Waals surface area contributed by atoms with Crippen molar-refractivity contribution in [3.05, 3.63) is 41.2 Å². The monoisotopic (exact) mass is 279 g/mol. The SMILES string of the molecule is Nc1cc(Cl)c(F)cc1Oc1ccc2nonc2c1. The zero-order chi connectivity index (χ0) is 13.4. The molecule has 3 aromatic rings. The van der Waals surface area contributed by atoms with E-state index < -0.39 is 5.82 Å². The van der Waals surface area contributed by atoms with Crippen molar-refractivity contribution in [3.8, 4) is 11.5 Å². The van der Waals surface area contributed by atoms with Gasteiger partial charge in [0.15, 0.2) is 5.75 Å². The average Bonchev–Trinajstić information content (AvgIpc) is 2.83. The molecule has 0 fully saturated rings. The van der Waals surface area contributed by atoms with Gasteiger partial charge >= 0.3 is 0 Å². The van der Waals surface area contributed by atoms with Gasteiger partial charge in [0.25, 0.3) is 0 Å². The van der Waals surface area contributed by atoms with E-state index >= 15 is 0 Å². The van der Waals surface area contributed by atoms with Crippen molar-refractivity contribution >= 4 is 28.3 Å². The number of hydrogen-bond donors (Lipinski definition) is 1. The molecule has 2 aromatic carbocycles. The van der Waals surface area contributed by atoms with Gasteiger partial charge in [-0.3, -0.25) is 0 Å². The largest absolute Gasteiger partial charge is 0.455 e. The van der Waals surface area contributed by atoms with Crippen LogP contribution in [-0.4, -0.2) is 10.3 Å². The van der Waals surface area contributed by atoms with Gasteiger partial charge in [-0.1, -0.05) is 11.6 Å². The molecule has 0 unspecified atom stereocenters. The molecule has 0 aliphatic carbocycles. The lowest BCUT2D eigenvalue weighted by molar-refractivity contribution is 0.315. The Morgan fingerprint density at radius 1 is 1.16 bits per heavy atom. The Balaban J connectivity index is 1.98. The van der Waals surface area contributed by atoms with Crippen LogP contribution >= 0.6 is 11.6 Å². The first-order valence-corrected chi connectivity index (χ1v) is 5.66. The summed E-state index contributed by atoms with van der Waals surface area (Å²) < 4.78 is 23.4. The Morgan fingerprint density at radius 2 is 1.95 bits per heavy atom. The van der Waals surface area contributed by atoms with Crippen molar-refractivity contribution < 1.29 is 13.8 Å². The van der Waals surface area contributed by atoms with Crippen LogP contribution in [-0.2, 0) is 0 Å². The second kappa shape index (κ2) is 4.40. The molecule has 2 N–H and O–H groups in total. The summed E-state index contributed by atoms with van der Waals surface area (Å²) in [6.07, 6.45) is 0. The van der Waals surface area contributed by atoms with Gasteiger partial charge in [0.05, 0.1) is 10.7 Å². The number of benzene rings is 2. The minimum Gasteiger partial charge on any atom is -0.455 e. The summed E-state index contributed by atoms with van der Waals surface area (Å²) in [5.74, 6) is 0.0179. The number of halogens is 2. The van der Waals surface area contributed by atoms with E-state index in [1.807, 2.05) is 0 Å². The van der Waals surface area contributed by atoms with Crippen molar-refractivity contribution in [2.75, 3.05) is 5.73 Å². The van der Waals surface area contributed by atoms with Crippen LogP contribution in [0.3, 0.4) is 0 Å². The highest BCUT2D eigenvalue weighted by atomic mass is 35.5. The molecule has 7 heteroatoms. The smallest absolute Gasteiger partial charge is 0.153 e. The van der Waals surface area contributed by atoms with Gasteiger partial charge in [-0.2, -0.15) is 0 Å². The summed E-state index contributed by atoms with van der Waals surface area (Å²) in [6, 6.07) is 7.35. The second-order valence-electron chi connectivity index (χ2n) is 3.82. The second-order valence-corrected chi connectivity index (χ2v) is 4.23. The number of hydrogen-bond acceptors (Lipinski definition) is 5. The van der Waals surface area contributed by atoms with E-state index in [4.69, 9.17) is 22.1 Å². The van der Waals surface area contributed by atoms with Crippen LogP contribution in [0.4, 0.5) is 10.1 Å². The third-order valence-electron chi connectivity index (χ3n) is 2.51. The van der Waals surface area contributed by atoms with Gasteiger partial charge in [0.2, 0.25) is 0 Å². The van der Waals surface area contributed by atoms with Crippen LogP contribution in [0, 0.1) is 5.82 Å². The highest BCUT2D eigenvalue weighted by molar-refractivity contribution is 6.31. The first-order valence-electron chi connectivity index (χ1n) is 5.28. The van der Waals surface area contributed by atoms with E-state index in [9.17, 15) is 4.39 Å². The summed E-state index contributed by atoms with van der Waals surface area (Å²) in [6.45, 7) is 0. The third-order valence-corrected chi connectivity index (χ3v) is 2.80. The van der Waals surface area contributed by atoms with E-state index in [0.29, 0.717) is 16.8 Å². The number of nitrogen functional groups attached to an aromatic ring is 1. The Kier molecular flexibility index (Phi) is 2.72. The molecule has 0 amide bonds. The number of aromatic nitrogens is 2. The average molecular weight is 280 g/mol. The number of anilines is 1. The number of nitrogens with two attached hydrogens (primary N) is 1. The molecule has 0 saturated carbocycles. The fourth-order valence-electron chi connectivity index (χ4n) is 1.58. The number of ether oxygens (including phenoxy) is 1. The molecule has 96 valence electrons. The molecule has 0 bridgehead atoms. The Morgan fingerprint density at radius 3 is 2.79 bits per heavy atom. The molecule has 1 aromatic heterocycles. The highest BCUT2D eigenvalue weighted by Crippen LogP contribution is 2.32. The van der Waals surface area contributed by atoms with Gasteiger partial charge in [-0.25, -0.2) is 9.02 Å². The van der Waals surface area contributed by atoms with Crippen molar-refractivity contribution in [3.63, 3.8) is 0 Å². The molecule has 19 heavy (non-hydrogen) atoms. The zero-order valence-corrected chi connectivity index (χ0v) is 10.2. The molecule has 0 spiro atoms.